The van der Waals surface area contributed by atoms with Gasteiger partial charge in [0.1, 0.15) is 22.9 Å². The molecule has 0 fully saturated rings. The molecule has 0 aliphatic rings. The molecule has 0 saturated heterocycles. The quantitative estimate of drug-likeness (QED) is 0.234. The fourth-order valence-electron chi connectivity index (χ4n) is 2.74. The van der Waals surface area contributed by atoms with Gasteiger partial charge in [-0.05, 0) is 32.9 Å². The minimum Gasteiger partial charge on any atom is -0.497 e. The molecule has 0 aliphatic heterocycles. The molecule has 0 N–H and O–H groups in total. The van der Waals surface area contributed by atoms with Crippen molar-refractivity contribution in [1.82, 2.24) is 0 Å². The Balaban J connectivity index is 2.39. The first-order valence-corrected chi connectivity index (χ1v) is 10.7. The van der Waals surface area contributed by atoms with Gasteiger partial charge >= 0.3 is 0 Å². The number of ketones is 1. The van der Waals surface area contributed by atoms with E-state index in [1.165, 1.54) is 39.3 Å². The van der Waals surface area contributed by atoms with E-state index >= 15 is 0 Å². The van der Waals surface area contributed by atoms with Gasteiger partial charge in [0, 0.05) is 30.0 Å². The summed E-state index contributed by atoms with van der Waals surface area (Å²) < 4.78 is 22.2. The molecule has 0 aromatic heterocycles. The molecular weight excluding hydrogens is 473 g/mol. The topological polar surface area (TPSA) is 99.0 Å². The Morgan fingerprint density at radius 2 is 1.64 bits per heavy atom. The number of carbonyl (C=O) groups is 2. The number of ether oxygens (including phenoxy) is 4. The average molecular weight is 498 g/mol. The van der Waals surface area contributed by atoms with Gasteiger partial charge in [0.05, 0.1) is 32.5 Å². The van der Waals surface area contributed by atoms with E-state index < -0.39 is 17.7 Å². The molecule has 2 aromatic rings. The van der Waals surface area contributed by atoms with Crippen molar-refractivity contribution in [3.63, 3.8) is 0 Å². The second-order valence-corrected chi connectivity index (χ2v) is 7.25. The second kappa shape index (κ2) is 12.3. The number of anilines is 1. The zero-order chi connectivity index (χ0) is 24.5. The lowest BCUT2D eigenvalue weighted by molar-refractivity contribution is -0.126. The number of benzene rings is 2. The van der Waals surface area contributed by atoms with Gasteiger partial charge < -0.3 is 18.9 Å². The zero-order valence-electron chi connectivity index (χ0n) is 18.9. The number of hydrogen-bond donors (Lipinski definition) is 0. The third-order valence-electron chi connectivity index (χ3n) is 4.30. The smallest absolute Gasteiger partial charge is 0.276 e. The van der Waals surface area contributed by atoms with E-state index in [1.54, 1.807) is 12.1 Å². The van der Waals surface area contributed by atoms with Crippen molar-refractivity contribution in [2.45, 2.75) is 26.8 Å². The average Bonchev–Trinajstić information content (AvgIpc) is 2.80. The van der Waals surface area contributed by atoms with E-state index in [-0.39, 0.29) is 16.4 Å². The standard InChI is InChI=1S/C22H25Cl2N3O6/c1-6-32-19-11-15(23)16(12-20(19)33-7-2)25-26-21(13(3)28)22(29)27(24)17-10-14(30-4)8-9-18(17)31-5/h8-12,21H,6-7H2,1-5H3. The predicted molar refractivity (Wildman–Crippen MR) is 126 cm³/mol. The van der Waals surface area contributed by atoms with Gasteiger partial charge in [-0.1, -0.05) is 11.6 Å². The number of Topliss-reactive ketones (excluding diaryl/α,β-unsaturated/α-hetero) is 1. The lowest BCUT2D eigenvalue weighted by Crippen LogP contribution is -2.36. The summed E-state index contributed by atoms with van der Waals surface area (Å²) in [4.78, 5) is 25.2. The maximum Gasteiger partial charge on any atom is 0.276 e. The van der Waals surface area contributed by atoms with Crippen molar-refractivity contribution in [1.29, 1.82) is 0 Å². The van der Waals surface area contributed by atoms with Crippen LogP contribution in [0.2, 0.25) is 5.02 Å². The molecule has 178 valence electrons. The zero-order valence-corrected chi connectivity index (χ0v) is 20.4. The molecule has 33 heavy (non-hydrogen) atoms. The van der Waals surface area contributed by atoms with Crippen LogP contribution in [0.1, 0.15) is 20.8 Å². The number of carbonyl (C=O) groups excluding carboxylic acids is 2. The molecule has 0 heterocycles. The largest absolute Gasteiger partial charge is 0.497 e. The van der Waals surface area contributed by atoms with E-state index in [1.807, 2.05) is 13.8 Å². The highest BCUT2D eigenvalue weighted by atomic mass is 35.5. The molecule has 2 rings (SSSR count). The Labute approximate surface area is 202 Å². The highest BCUT2D eigenvalue weighted by Crippen LogP contribution is 2.39. The molecule has 1 unspecified atom stereocenters. The molecular formula is C22H25Cl2N3O6. The lowest BCUT2D eigenvalue weighted by Gasteiger charge is -2.19. The Morgan fingerprint density at radius 1 is 1.00 bits per heavy atom. The highest BCUT2D eigenvalue weighted by Gasteiger charge is 2.30. The van der Waals surface area contributed by atoms with Gasteiger partial charge in [-0.3, -0.25) is 9.59 Å². The van der Waals surface area contributed by atoms with Crippen molar-refractivity contribution in [3.8, 4) is 23.0 Å². The van der Waals surface area contributed by atoms with Gasteiger partial charge in [-0.25, -0.2) is 4.42 Å². The molecule has 0 bridgehead atoms. The molecule has 11 heteroatoms. The predicted octanol–water partition coefficient (Wildman–Crippen LogP) is 5.38. The number of halogens is 2. The first kappa shape index (κ1) is 26.2. The van der Waals surface area contributed by atoms with E-state index in [9.17, 15) is 9.59 Å². The van der Waals surface area contributed by atoms with Crippen LogP contribution in [0.5, 0.6) is 23.0 Å². The lowest BCUT2D eigenvalue weighted by atomic mass is 10.2. The van der Waals surface area contributed by atoms with E-state index in [2.05, 4.69) is 10.2 Å². The molecule has 1 amide bonds. The molecule has 0 spiro atoms. The third-order valence-corrected chi connectivity index (χ3v) is 4.96. The van der Waals surface area contributed by atoms with Crippen LogP contribution in [-0.4, -0.2) is 45.2 Å². The highest BCUT2D eigenvalue weighted by molar-refractivity contribution is 6.39. The van der Waals surface area contributed by atoms with Crippen LogP contribution in [0.3, 0.4) is 0 Å². The molecule has 9 nitrogen and oxygen atoms in total. The van der Waals surface area contributed by atoms with Gasteiger partial charge in [0.25, 0.3) is 5.91 Å². The summed E-state index contributed by atoms with van der Waals surface area (Å²) in [5.74, 6) is 0.196. The molecule has 0 saturated carbocycles. The number of methoxy groups -OCH3 is 2. The summed E-state index contributed by atoms with van der Waals surface area (Å²) in [7, 11) is 2.89. The van der Waals surface area contributed by atoms with Crippen LogP contribution in [0.25, 0.3) is 0 Å². The number of nitrogens with zero attached hydrogens (tertiary/aromatic N) is 3. The van der Waals surface area contributed by atoms with Crippen molar-refractivity contribution in [3.05, 3.63) is 35.4 Å². The first-order chi connectivity index (χ1) is 15.8. The van der Waals surface area contributed by atoms with E-state index in [4.69, 9.17) is 42.3 Å². The van der Waals surface area contributed by atoms with Crippen molar-refractivity contribution in [2.75, 3.05) is 31.9 Å². The number of hydrogen-bond acceptors (Lipinski definition) is 8. The maximum atomic E-state index is 13.0. The van der Waals surface area contributed by atoms with Crippen LogP contribution >= 0.6 is 23.4 Å². The summed E-state index contributed by atoms with van der Waals surface area (Å²) in [6.07, 6.45) is 0. The summed E-state index contributed by atoms with van der Waals surface area (Å²) in [6.45, 7) is 5.65. The summed E-state index contributed by atoms with van der Waals surface area (Å²) >= 11 is 12.6. The molecule has 1 atom stereocenters. The molecule has 0 aliphatic carbocycles. The maximum absolute atomic E-state index is 13.0. The SMILES string of the molecule is CCOc1cc(Cl)c(N=NC(C(C)=O)C(=O)N(Cl)c2cc(OC)ccc2OC)cc1OCC. The monoisotopic (exact) mass is 497 g/mol. The van der Waals surface area contributed by atoms with Crippen LogP contribution in [0.15, 0.2) is 40.6 Å². The van der Waals surface area contributed by atoms with Gasteiger partial charge in [0.15, 0.2) is 17.3 Å². The normalized spacial score (nSPS) is 11.7. The van der Waals surface area contributed by atoms with Gasteiger partial charge in [0.2, 0.25) is 6.04 Å². The minimum absolute atomic E-state index is 0.183. The fraction of sp³-hybridized carbons (Fsp3) is 0.364. The van der Waals surface area contributed by atoms with Crippen LogP contribution in [-0.2, 0) is 9.59 Å². The summed E-state index contributed by atoms with van der Waals surface area (Å²) in [5.41, 5.74) is 0.380. The van der Waals surface area contributed by atoms with Crippen LogP contribution < -0.4 is 23.4 Å². The third kappa shape index (κ3) is 6.49. The molecule has 0 radical (unpaired) electrons. The van der Waals surface area contributed by atoms with Gasteiger partial charge in [-0.15, -0.1) is 0 Å². The summed E-state index contributed by atoms with van der Waals surface area (Å²) in [6, 6.07) is 6.25. The number of rotatable bonds is 11. The molecule has 2 aromatic carbocycles. The van der Waals surface area contributed by atoms with Gasteiger partial charge in [-0.2, -0.15) is 10.2 Å². The first-order valence-electron chi connectivity index (χ1n) is 9.99. The Hall–Kier alpha value is -3.04. The van der Waals surface area contributed by atoms with Crippen molar-refractivity contribution < 1.29 is 28.5 Å². The number of azo groups is 1. The Bertz CT molecular complexity index is 1030. The fourth-order valence-corrected chi connectivity index (χ4v) is 3.15. The second-order valence-electron chi connectivity index (χ2n) is 6.50. The van der Waals surface area contributed by atoms with Crippen LogP contribution in [0, 0.1) is 0 Å². The van der Waals surface area contributed by atoms with Crippen molar-refractivity contribution >= 4 is 46.4 Å². The van der Waals surface area contributed by atoms with Crippen molar-refractivity contribution in [2.24, 2.45) is 10.2 Å². The Morgan fingerprint density at radius 3 is 2.18 bits per heavy atom. The van der Waals surface area contributed by atoms with E-state index in [0.29, 0.717) is 36.2 Å². The number of amides is 1. The minimum atomic E-state index is -1.52. The van der Waals surface area contributed by atoms with E-state index in [0.717, 1.165) is 4.42 Å². The Kier molecular flexibility index (Phi) is 9.74. The van der Waals surface area contributed by atoms with Crippen LogP contribution in [0.4, 0.5) is 11.4 Å². The summed E-state index contributed by atoms with van der Waals surface area (Å²) in [5, 5.41) is 8.15.